The molecule has 1 aliphatic heterocycles. The van der Waals surface area contributed by atoms with Crippen LogP contribution in [0.3, 0.4) is 0 Å². The molecular weight excluding hydrogens is 429 g/mol. The molecule has 1 spiro atoms. The van der Waals surface area contributed by atoms with Gasteiger partial charge in [0.05, 0.1) is 22.8 Å². The standard InChI is InChI=1S/C31H32BNO2/c1-29(2)30(3,4)35-32(34-29)24-13-14-25-26-18-23(22-10-8-21(20-33)9-11-22)12-15-27(26)31(28(25)19-24)16-6-5-7-17-31/h8-15,18-19H,5-7,16-17H2,1-4H3. The summed E-state index contributed by atoms with van der Waals surface area (Å²) in [5.74, 6) is 0. The second-order valence-corrected chi connectivity index (χ2v) is 11.5. The third-order valence-corrected chi connectivity index (χ3v) is 8.96. The van der Waals surface area contributed by atoms with E-state index in [1.807, 2.05) is 24.3 Å². The van der Waals surface area contributed by atoms with Gasteiger partial charge >= 0.3 is 7.12 Å². The minimum absolute atomic E-state index is 0.0752. The molecular formula is C31H32BNO2. The predicted octanol–water partition coefficient (Wildman–Crippen LogP) is 6.76. The van der Waals surface area contributed by atoms with Gasteiger partial charge in [0.25, 0.3) is 0 Å². The summed E-state index contributed by atoms with van der Waals surface area (Å²) >= 11 is 0. The third kappa shape index (κ3) is 3.40. The van der Waals surface area contributed by atoms with Gasteiger partial charge < -0.3 is 9.31 Å². The van der Waals surface area contributed by atoms with Crippen molar-refractivity contribution in [3.63, 3.8) is 0 Å². The number of benzene rings is 3. The fourth-order valence-corrected chi connectivity index (χ4v) is 6.26. The Morgan fingerprint density at radius 3 is 2.03 bits per heavy atom. The van der Waals surface area contributed by atoms with Crippen molar-refractivity contribution in [2.24, 2.45) is 0 Å². The van der Waals surface area contributed by atoms with Crippen LogP contribution >= 0.6 is 0 Å². The summed E-state index contributed by atoms with van der Waals surface area (Å²) in [5.41, 5.74) is 9.13. The Hall–Kier alpha value is -2.87. The molecule has 3 aromatic carbocycles. The van der Waals surface area contributed by atoms with Crippen LogP contribution in [0.5, 0.6) is 0 Å². The van der Waals surface area contributed by atoms with Crippen molar-refractivity contribution in [2.75, 3.05) is 0 Å². The molecule has 1 saturated heterocycles. The van der Waals surface area contributed by atoms with Gasteiger partial charge in [-0.1, -0.05) is 61.7 Å². The van der Waals surface area contributed by atoms with Crippen LogP contribution in [0.2, 0.25) is 0 Å². The average molecular weight is 461 g/mol. The summed E-state index contributed by atoms with van der Waals surface area (Å²) in [4.78, 5) is 0. The molecule has 3 nitrogen and oxygen atoms in total. The van der Waals surface area contributed by atoms with Crippen LogP contribution in [-0.4, -0.2) is 18.3 Å². The van der Waals surface area contributed by atoms with Crippen molar-refractivity contribution in [3.8, 4) is 28.3 Å². The van der Waals surface area contributed by atoms with Gasteiger partial charge in [0.2, 0.25) is 0 Å². The molecule has 35 heavy (non-hydrogen) atoms. The molecule has 2 fully saturated rings. The van der Waals surface area contributed by atoms with Crippen LogP contribution in [0.1, 0.15) is 76.5 Å². The quantitative estimate of drug-likeness (QED) is 0.396. The topological polar surface area (TPSA) is 42.2 Å². The van der Waals surface area contributed by atoms with E-state index in [9.17, 15) is 0 Å². The summed E-state index contributed by atoms with van der Waals surface area (Å²) in [7, 11) is -0.344. The van der Waals surface area contributed by atoms with Gasteiger partial charge in [-0.2, -0.15) is 5.26 Å². The Kier molecular flexibility index (Phi) is 5.05. The van der Waals surface area contributed by atoms with Crippen LogP contribution in [0.4, 0.5) is 0 Å². The van der Waals surface area contributed by atoms with Crippen LogP contribution in [0, 0.1) is 11.3 Å². The smallest absolute Gasteiger partial charge is 0.399 e. The van der Waals surface area contributed by atoms with Crippen LogP contribution in [-0.2, 0) is 14.7 Å². The largest absolute Gasteiger partial charge is 0.494 e. The van der Waals surface area contributed by atoms with Gasteiger partial charge in [-0.15, -0.1) is 0 Å². The molecule has 2 aliphatic carbocycles. The first kappa shape index (κ1) is 22.6. The Bertz CT molecular complexity index is 1330. The SMILES string of the molecule is CC1(C)OB(c2ccc3c(c2)C2(CCCCC2)c2ccc(-c4ccc(C#N)cc4)cc2-3)OC1(C)C. The van der Waals surface area contributed by atoms with Crippen molar-refractivity contribution >= 4 is 12.6 Å². The molecule has 0 aromatic heterocycles. The molecule has 0 amide bonds. The summed E-state index contributed by atoms with van der Waals surface area (Å²) in [5, 5.41) is 9.17. The molecule has 1 saturated carbocycles. The van der Waals surface area contributed by atoms with Crippen LogP contribution in [0.15, 0.2) is 60.7 Å². The Morgan fingerprint density at radius 2 is 1.37 bits per heavy atom. The lowest BCUT2D eigenvalue weighted by Crippen LogP contribution is -2.41. The first-order valence-electron chi connectivity index (χ1n) is 12.9. The second kappa shape index (κ2) is 7.82. The monoisotopic (exact) mass is 461 g/mol. The molecule has 0 atom stereocenters. The summed E-state index contributed by atoms with van der Waals surface area (Å²) in [6.07, 6.45) is 6.21. The number of fused-ring (bicyclic) bond motifs is 5. The molecule has 3 aromatic rings. The maximum atomic E-state index is 9.17. The maximum absolute atomic E-state index is 9.17. The first-order chi connectivity index (χ1) is 16.7. The summed E-state index contributed by atoms with van der Waals surface area (Å²) in [6, 6.07) is 24.0. The number of hydrogen-bond donors (Lipinski definition) is 0. The van der Waals surface area contributed by atoms with E-state index < -0.39 is 0 Å². The Labute approximate surface area is 209 Å². The van der Waals surface area contributed by atoms with Crippen molar-refractivity contribution in [1.82, 2.24) is 0 Å². The van der Waals surface area contributed by atoms with E-state index in [4.69, 9.17) is 14.6 Å². The van der Waals surface area contributed by atoms with Gasteiger partial charge in [-0.3, -0.25) is 0 Å². The van der Waals surface area contributed by atoms with E-state index in [2.05, 4.69) is 70.2 Å². The Balaban J connectivity index is 1.46. The zero-order valence-corrected chi connectivity index (χ0v) is 21.2. The fourth-order valence-electron chi connectivity index (χ4n) is 6.26. The van der Waals surface area contributed by atoms with Gasteiger partial charge in [0, 0.05) is 5.41 Å². The molecule has 176 valence electrons. The van der Waals surface area contributed by atoms with Gasteiger partial charge in [-0.05, 0) is 97.6 Å². The summed E-state index contributed by atoms with van der Waals surface area (Å²) < 4.78 is 12.8. The fraction of sp³-hybridized carbons (Fsp3) is 0.387. The maximum Gasteiger partial charge on any atom is 0.494 e. The van der Waals surface area contributed by atoms with Crippen molar-refractivity contribution in [2.45, 2.75) is 76.4 Å². The number of nitrogens with zero attached hydrogens (tertiary/aromatic N) is 1. The van der Waals surface area contributed by atoms with E-state index in [1.165, 1.54) is 59.9 Å². The minimum Gasteiger partial charge on any atom is -0.399 e. The molecule has 6 rings (SSSR count). The zero-order valence-electron chi connectivity index (χ0n) is 21.2. The Morgan fingerprint density at radius 1 is 0.714 bits per heavy atom. The molecule has 0 radical (unpaired) electrons. The van der Waals surface area contributed by atoms with E-state index in [1.54, 1.807) is 0 Å². The molecule has 3 aliphatic rings. The minimum atomic E-state index is -0.349. The number of rotatable bonds is 2. The van der Waals surface area contributed by atoms with E-state index in [-0.39, 0.29) is 23.7 Å². The van der Waals surface area contributed by atoms with Crippen molar-refractivity contribution in [3.05, 3.63) is 77.4 Å². The third-order valence-electron chi connectivity index (χ3n) is 8.96. The van der Waals surface area contributed by atoms with Gasteiger partial charge in [0.15, 0.2) is 0 Å². The average Bonchev–Trinajstić information content (AvgIpc) is 3.25. The lowest BCUT2D eigenvalue weighted by molar-refractivity contribution is 0.00578. The predicted molar refractivity (Wildman–Crippen MR) is 142 cm³/mol. The molecule has 0 N–H and O–H groups in total. The van der Waals surface area contributed by atoms with Crippen molar-refractivity contribution in [1.29, 1.82) is 5.26 Å². The molecule has 0 unspecified atom stereocenters. The second-order valence-electron chi connectivity index (χ2n) is 11.5. The van der Waals surface area contributed by atoms with Crippen LogP contribution in [0.25, 0.3) is 22.3 Å². The van der Waals surface area contributed by atoms with Crippen LogP contribution < -0.4 is 5.46 Å². The lowest BCUT2D eigenvalue weighted by Gasteiger charge is -2.36. The molecule has 1 heterocycles. The highest BCUT2D eigenvalue weighted by Crippen LogP contribution is 2.56. The zero-order chi connectivity index (χ0) is 24.4. The summed E-state index contributed by atoms with van der Waals surface area (Å²) in [6.45, 7) is 8.46. The van der Waals surface area contributed by atoms with E-state index >= 15 is 0 Å². The molecule has 4 heteroatoms. The highest BCUT2D eigenvalue weighted by atomic mass is 16.7. The normalized spacial score (nSPS) is 20.9. The number of nitriles is 1. The lowest BCUT2D eigenvalue weighted by atomic mass is 9.66. The highest BCUT2D eigenvalue weighted by Gasteiger charge is 2.52. The van der Waals surface area contributed by atoms with Crippen molar-refractivity contribution < 1.29 is 9.31 Å². The van der Waals surface area contributed by atoms with Gasteiger partial charge in [0.1, 0.15) is 0 Å². The van der Waals surface area contributed by atoms with E-state index in [0.29, 0.717) is 5.56 Å². The van der Waals surface area contributed by atoms with E-state index in [0.717, 1.165) is 11.0 Å². The number of hydrogen-bond acceptors (Lipinski definition) is 3. The first-order valence-corrected chi connectivity index (χ1v) is 12.9. The highest BCUT2D eigenvalue weighted by molar-refractivity contribution is 6.62. The van der Waals surface area contributed by atoms with Gasteiger partial charge in [-0.25, -0.2) is 0 Å². The molecule has 0 bridgehead atoms.